The van der Waals surface area contributed by atoms with E-state index in [1.54, 1.807) is 14.2 Å². The molecule has 1 N–H and O–H groups in total. The summed E-state index contributed by atoms with van der Waals surface area (Å²) in [6.07, 6.45) is 1.27. The fraction of sp³-hybridized carbons (Fsp3) is 0.480. The van der Waals surface area contributed by atoms with Gasteiger partial charge in [-0.3, -0.25) is 9.89 Å². The molecule has 2 atom stereocenters. The van der Waals surface area contributed by atoms with Gasteiger partial charge >= 0.3 is 0 Å². The molecule has 1 saturated heterocycles. The van der Waals surface area contributed by atoms with Gasteiger partial charge in [0.1, 0.15) is 0 Å². The van der Waals surface area contributed by atoms with E-state index < -0.39 is 0 Å². The van der Waals surface area contributed by atoms with Crippen LogP contribution >= 0.6 is 0 Å². The van der Waals surface area contributed by atoms with E-state index in [9.17, 15) is 0 Å². The molecular weight excluding hydrogens is 388 g/mol. The monoisotopic (exact) mass is 422 g/mol. The van der Waals surface area contributed by atoms with Crippen molar-refractivity contribution in [2.24, 2.45) is 10.9 Å². The standard InChI is InChI=1S/C25H34N4O2/c1-26-25(27-17-21-16-22(21)20-7-5-4-6-8-20)29-13-11-28(12-14-29)18-19-9-10-23(30-2)24(15-19)31-3/h4-10,15,21-22H,11-14,16-18H2,1-3H3,(H,26,27). The maximum atomic E-state index is 5.44. The summed E-state index contributed by atoms with van der Waals surface area (Å²) in [5.41, 5.74) is 2.71. The number of piperazine rings is 1. The predicted octanol–water partition coefficient (Wildman–Crippen LogP) is 3.20. The van der Waals surface area contributed by atoms with Gasteiger partial charge in [0.25, 0.3) is 0 Å². The van der Waals surface area contributed by atoms with Gasteiger partial charge in [-0.2, -0.15) is 0 Å². The van der Waals surface area contributed by atoms with Crippen LogP contribution in [-0.4, -0.2) is 69.8 Å². The number of hydrogen-bond acceptors (Lipinski definition) is 4. The van der Waals surface area contributed by atoms with E-state index >= 15 is 0 Å². The molecule has 1 aliphatic carbocycles. The van der Waals surface area contributed by atoms with Crippen LogP contribution in [0.3, 0.4) is 0 Å². The van der Waals surface area contributed by atoms with Crippen molar-refractivity contribution in [3.63, 3.8) is 0 Å². The Labute approximate surface area is 185 Å². The van der Waals surface area contributed by atoms with Crippen molar-refractivity contribution in [3.8, 4) is 11.5 Å². The average molecular weight is 423 g/mol. The third-order valence-corrected chi connectivity index (χ3v) is 6.41. The van der Waals surface area contributed by atoms with Gasteiger partial charge in [-0.1, -0.05) is 36.4 Å². The highest BCUT2D eigenvalue weighted by atomic mass is 16.5. The summed E-state index contributed by atoms with van der Waals surface area (Å²) >= 11 is 0. The summed E-state index contributed by atoms with van der Waals surface area (Å²) in [6, 6.07) is 17.0. The van der Waals surface area contributed by atoms with E-state index in [2.05, 4.69) is 62.6 Å². The van der Waals surface area contributed by atoms with Crippen molar-refractivity contribution in [2.45, 2.75) is 18.9 Å². The van der Waals surface area contributed by atoms with Gasteiger partial charge in [0, 0.05) is 46.3 Å². The first-order valence-corrected chi connectivity index (χ1v) is 11.2. The molecule has 2 aliphatic rings. The summed E-state index contributed by atoms with van der Waals surface area (Å²) in [4.78, 5) is 9.41. The van der Waals surface area contributed by atoms with E-state index in [0.29, 0.717) is 11.8 Å². The zero-order chi connectivity index (χ0) is 21.6. The number of benzene rings is 2. The third-order valence-electron chi connectivity index (χ3n) is 6.41. The van der Waals surface area contributed by atoms with Crippen LogP contribution in [0.5, 0.6) is 11.5 Å². The number of nitrogens with one attached hydrogen (secondary N) is 1. The van der Waals surface area contributed by atoms with Gasteiger partial charge in [-0.15, -0.1) is 0 Å². The van der Waals surface area contributed by atoms with Crippen LogP contribution < -0.4 is 14.8 Å². The molecule has 31 heavy (non-hydrogen) atoms. The Morgan fingerprint density at radius 3 is 2.42 bits per heavy atom. The third kappa shape index (κ3) is 5.31. The van der Waals surface area contributed by atoms with Crippen molar-refractivity contribution >= 4 is 5.96 Å². The molecule has 0 amide bonds. The predicted molar refractivity (Wildman–Crippen MR) is 125 cm³/mol. The second-order valence-electron chi connectivity index (χ2n) is 8.39. The number of rotatable bonds is 7. The molecular formula is C25H34N4O2. The molecule has 4 rings (SSSR count). The number of ether oxygens (including phenoxy) is 2. The summed E-state index contributed by atoms with van der Waals surface area (Å²) in [5, 5.41) is 3.62. The highest BCUT2D eigenvalue weighted by molar-refractivity contribution is 5.80. The molecule has 6 nitrogen and oxygen atoms in total. The van der Waals surface area contributed by atoms with Crippen molar-refractivity contribution in [2.75, 3.05) is 54.0 Å². The maximum Gasteiger partial charge on any atom is 0.193 e. The van der Waals surface area contributed by atoms with Crippen LogP contribution in [0.2, 0.25) is 0 Å². The van der Waals surface area contributed by atoms with Crippen LogP contribution in [0.1, 0.15) is 23.5 Å². The van der Waals surface area contributed by atoms with Gasteiger partial charge in [-0.25, -0.2) is 0 Å². The summed E-state index contributed by atoms with van der Waals surface area (Å²) in [6.45, 7) is 5.93. The quantitative estimate of drug-likeness (QED) is 0.549. The van der Waals surface area contributed by atoms with Gasteiger partial charge < -0.3 is 19.7 Å². The molecule has 0 aromatic heterocycles. The number of guanidine groups is 1. The number of hydrogen-bond donors (Lipinski definition) is 1. The Morgan fingerprint density at radius 1 is 1.00 bits per heavy atom. The second-order valence-corrected chi connectivity index (χ2v) is 8.39. The van der Waals surface area contributed by atoms with Crippen LogP contribution in [0.15, 0.2) is 53.5 Å². The minimum Gasteiger partial charge on any atom is -0.493 e. The first-order chi connectivity index (χ1) is 15.2. The largest absolute Gasteiger partial charge is 0.493 e. The topological polar surface area (TPSA) is 49.3 Å². The highest BCUT2D eigenvalue weighted by Crippen LogP contribution is 2.46. The lowest BCUT2D eigenvalue weighted by Gasteiger charge is -2.36. The first kappa shape index (κ1) is 21.5. The molecule has 1 saturated carbocycles. The summed E-state index contributed by atoms with van der Waals surface area (Å²) < 4.78 is 10.8. The van der Waals surface area contributed by atoms with Gasteiger partial charge in [0.2, 0.25) is 0 Å². The van der Waals surface area contributed by atoms with Crippen molar-refractivity contribution in [3.05, 3.63) is 59.7 Å². The van der Waals surface area contributed by atoms with Gasteiger partial charge in [-0.05, 0) is 41.5 Å². The molecule has 2 aromatic rings. The summed E-state index contributed by atoms with van der Waals surface area (Å²) in [5.74, 6) is 4.01. The lowest BCUT2D eigenvalue weighted by atomic mass is 10.1. The molecule has 1 aliphatic heterocycles. The molecule has 0 bridgehead atoms. The number of aliphatic imine (C=N–C) groups is 1. The maximum absolute atomic E-state index is 5.44. The Kier molecular flexibility index (Phi) is 6.97. The summed E-state index contributed by atoms with van der Waals surface area (Å²) in [7, 11) is 5.24. The Morgan fingerprint density at radius 2 is 1.74 bits per heavy atom. The van der Waals surface area contributed by atoms with E-state index in [4.69, 9.17) is 9.47 Å². The van der Waals surface area contributed by atoms with E-state index in [-0.39, 0.29) is 0 Å². The van der Waals surface area contributed by atoms with Crippen molar-refractivity contribution in [1.82, 2.24) is 15.1 Å². The normalized spacial score (nSPS) is 21.6. The molecule has 0 radical (unpaired) electrons. The minimum atomic E-state index is 0.699. The molecule has 2 unspecified atom stereocenters. The second kappa shape index (κ2) is 10.1. The molecule has 1 heterocycles. The fourth-order valence-corrected chi connectivity index (χ4v) is 4.49. The molecule has 2 fully saturated rings. The Hall–Kier alpha value is -2.73. The van der Waals surface area contributed by atoms with Crippen molar-refractivity contribution in [1.29, 1.82) is 0 Å². The first-order valence-electron chi connectivity index (χ1n) is 11.2. The highest BCUT2D eigenvalue weighted by Gasteiger charge is 2.38. The molecule has 166 valence electrons. The Bertz CT molecular complexity index is 878. The van der Waals surface area contributed by atoms with E-state index in [0.717, 1.165) is 56.7 Å². The minimum absolute atomic E-state index is 0.699. The number of methoxy groups -OCH3 is 2. The van der Waals surface area contributed by atoms with Crippen LogP contribution in [0.25, 0.3) is 0 Å². The molecule has 0 spiro atoms. The van der Waals surface area contributed by atoms with E-state index in [1.807, 2.05) is 13.1 Å². The number of nitrogens with zero attached hydrogens (tertiary/aromatic N) is 3. The van der Waals surface area contributed by atoms with Crippen LogP contribution in [0, 0.1) is 5.92 Å². The van der Waals surface area contributed by atoms with Crippen LogP contribution in [-0.2, 0) is 6.54 Å². The lowest BCUT2D eigenvalue weighted by Crippen LogP contribution is -2.52. The zero-order valence-corrected chi connectivity index (χ0v) is 18.9. The SMILES string of the molecule is CN=C(NCC1CC1c1ccccc1)N1CCN(Cc2ccc(OC)c(OC)c2)CC1. The van der Waals surface area contributed by atoms with Crippen molar-refractivity contribution < 1.29 is 9.47 Å². The average Bonchev–Trinajstić information content (AvgIpc) is 3.60. The van der Waals surface area contributed by atoms with Gasteiger partial charge in [0.05, 0.1) is 14.2 Å². The smallest absolute Gasteiger partial charge is 0.193 e. The Balaban J connectivity index is 1.23. The lowest BCUT2D eigenvalue weighted by molar-refractivity contribution is 0.172. The van der Waals surface area contributed by atoms with Crippen LogP contribution in [0.4, 0.5) is 0 Å². The van der Waals surface area contributed by atoms with Gasteiger partial charge in [0.15, 0.2) is 17.5 Å². The van der Waals surface area contributed by atoms with E-state index in [1.165, 1.54) is 17.5 Å². The molecule has 2 aromatic carbocycles. The zero-order valence-electron chi connectivity index (χ0n) is 18.9. The molecule has 6 heteroatoms. The fourth-order valence-electron chi connectivity index (χ4n) is 4.49.